The largest absolute Gasteiger partial charge is 0.493 e. The number of esters is 1. The minimum atomic E-state index is -0.484. The van der Waals surface area contributed by atoms with Gasteiger partial charge in [0.15, 0.2) is 11.0 Å². The van der Waals surface area contributed by atoms with Gasteiger partial charge in [0.2, 0.25) is 5.91 Å². The Morgan fingerprint density at radius 3 is 2.73 bits per heavy atom. The molecule has 30 heavy (non-hydrogen) atoms. The number of nitrogens with one attached hydrogen (secondary N) is 1. The fourth-order valence-electron chi connectivity index (χ4n) is 2.78. The second-order valence-electron chi connectivity index (χ2n) is 5.97. The lowest BCUT2D eigenvalue weighted by molar-refractivity contribution is -0.113. The van der Waals surface area contributed by atoms with Crippen molar-refractivity contribution >= 4 is 40.0 Å². The van der Waals surface area contributed by atoms with Crippen LogP contribution in [0.5, 0.6) is 5.75 Å². The van der Waals surface area contributed by atoms with Gasteiger partial charge in [0.1, 0.15) is 10.8 Å². The van der Waals surface area contributed by atoms with Crippen molar-refractivity contribution in [3.8, 4) is 17.1 Å². The molecule has 0 radical (unpaired) electrons. The standard InChI is InChI=1S/C20H22N4O4S2/c1-4-24-17(13-8-6-7-9-15(13)28-5-2)22-23-20(24)30-12-16(25)21-18-14(10-11-29-18)19(26)27-3/h6-11H,4-5,12H2,1-3H3,(H,21,25). The first-order valence-corrected chi connectivity index (χ1v) is 11.2. The highest BCUT2D eigenvalue weighted by Crippen LogP contribution is 2.31. The van der Waals surface area contributed by atoms with Crippen LogP contribution >= 0.6 is 23.1 Å². The van der Waals surface area contributed by atoms with Crippen LogP contribution in [0.15, 0.2) is 40.9 Å². The van der Waals surface area contributed by atoms with Crippen molar-refractivity contribution in [2.24, 2.45) is 0 Å². The topological polar surface area (TPSA) is 95.3 Å². The third kappa shape index (κ3) is 4.82. The van der Waals surface area contributed by atoms with Crippen LogP contribution in [0.1, 0.15) is 24.2 Å². The minimum absolute atomic E-state index is 0.129. The smallest absolute Gasteiger partial charge is 0.340 e. The molecule has 1 N–H and O–H groups in total. The van der Waals surface area contributed by atoms with Gasteiger partial charge >= 0.3 is 5.97 Å². The number of methoxy groups -OCH3 is 1. The summed E-state index contributed by atoms with van der Waals surface area (Å²) in [6, 6.07) is 9.29. The first-order valence-electron chi connectivity index (χ1n) is 9.32. The number of thioether (sulfide) groups is 1. The molecule has 3 rings (SSSR count). The van der Waals surface area contributed by atoms with Crippen LogP contribution in [0.2, 0.25) is 0 Å². The van der Waals surface area contributed by atoms with Crippen molar-refractivity contribution < 1.29 is 19.1 Å². The summed E-state index contributed by atoms with van der Waals surface area (Å²) in [6.07, 6.45) is 0. The van der Waals surface area contributed by atoms with E-state index >= 15 is 0 Å². The van der Waals surface area contributed by atoms with Crippen molar-refractivity contribution in [1.29, 1.82) is 0 Å². The van der Waals surface area contributed by atoms with E-state index in [1.807, 2.05) is 42.7 Å². The van der Waals surface area contributed by atoms with E-state index in [9.17, 15) is 9.59 Å². The number of carbonyl (C=O) groups excluding carboxylic acids is 2. The maximum absolute atomic E-state index is 12.4. The molecule has 0 aliphatic heterocycles. The predicted octanol–water partition coefficient (Wildman–Crippen LogP) is 3.94. The molecule has 158 valence electrons. The van der Waals surface area contributed by atoms with Gasteiger partial charge in [0, 0.05) is 6.54 Å². The van der Waals surface area contributed by atoms with Crippen molar-refractivity contribution in [3.63, 3.8) is 0 Å². The van der Waals surface area contributed by atoms with E-state index in [4.69, 9.17) is 9.47 Å². The molecule has 1 amide bonds. The van der Waals surface area contributed by atoms with Gasteiger partial charge in [-0.3, -0.25) is 4.79 Å². The molecular formula is C20H22N4O4S2. The zero-order chi connectivity index (χ0) is 21.5. The average Bonchev–Trinajstić information content (AvgIpc) is 3.38. The summed E-state index contributed by atoms with van der Waals surface area (Å²) in [4.78, 5) is 24.2. The maximum Gasteiger partial charge on any atom is 0.340 e. The number of carbonyl (C=O) groups is 2. The number of para-hydroxylation sites is 1. The second-order valence-corrected chi connectivity index (χ2v) is 7.83. The number of hydrogen-bond acceptors (Lipinski definition) is 8. The third-order valence-electron chi connectivity index (χ3n) is 4.12. The molecule has 2 heterocycles. The molecule has 2 aromatic heterocycles. The lowest BCUT2D eigenvalue weighted by atomic mass is 10.2. The van der Waals surface area contributed by atoms with E-state index in [0.717, 1.165) is 11.3 Å². The third-order valence-corrected chi connectivity index (χ3v) is 5.91. The highest BCUT2D eigenvalue weighted by molar-refractivity contribution is 7.99. The molecule has 0 bridgehead atoms. The first kappa shape index (κ1) is 21.8. The zero-order valence-corrected chi connectivity index (χ0v) is 18.5. The van der Waals surface area contributed by atoms with Gasteiger partial charge in [-0.25, -0.2) is 4.79 Å². The summed E-state index contributed by atoms with van der Waals surface area (Å²) in [7, 11) is 1.31. The highest BCUT2D eigenvalue weighted by atomic mass is 32.2. The number of thiophene rings is 1. The van der Waals surface area contributed by atoms with Crippen LogP contribution < -0.4 is 10.1 Å². The van der Waals surface area contributed by atoms with E-state index < -0.39 is 5.97 Å². The van der Waals surface area contributed by atoms with E-state index in [2.05, 4.69) is 15.5 Å². The van der Waals surface area contributed by atoms with Gasteiger partial charge < -0.3 is 19.4 Å². The Labute approximate surface area is 182 Å². The number of anilines is 1. The lowest BCUT2D eigenvalue weighted by Gasteiger charge is -2.11. The van der Waals surface area contributed by atoms with E-state index in [1.54, 1.807) is 11.4 Å². The normalized spacial score (nSPS) is 10.6. The van der Waals surface area contributed by atoms with Gasteiger partial charge in [-0.1, -0.05) is 23.9 Å². The van der Waals surface area contributed by atoms with Crippen LogP contribution in [0.25, 0.3) is 11.4 Å². The summed E-state index contributed by atoms with van der Waals surface area (Å²) in [5.41, 5.74) is 1.19. The van der Waals surface area contributed by atoms with Crippen LogP contribution in [0, 0.1) is 0 Å². The predicted molar refractivity (Wildman–Crippen MR) is 117 cm³/mol. The lowest BCUT2D eigenvalue weighted by Crippen LogP contribution is -2.16. The Morgan fingerprint density at radius 2 is 2.00 bits per heavy atom. The molecule has 8 nitrogen and oxygen atoms in total. The van der Waals surface area contributed by atoms with Crippen LogP contribution in [-0.2, 0) is 16.1 Å². The summed E-state index contributed by atoms with van der Waals surface area (Å²) in [6.45, 7) is 5.12. The van der Waals surface area contributed by atoms with Crippen LogP contribution in [0.4, 0.5) is 5.00 Å². The Morgan fingerprint density at radius 1 is 1.20 bits per heavy atom. The monoisotopic (exact) mass is 446 g/mol. The van der Waals surface area contributed by atoms with Crippen LogP contribution in [-0.4, -0.2) is 46.1 Å². The molecule has 1 aromatic carbocycles. The molecule has 0 aliphatic rings. The Kier molecular flexibility index (Phi) is 7.47. The first-order chi connectivity index (χ1) is 14.6. The van der Waals surface area contributed by atoms with Gasteiger partial charge in [-0.15, -0.1) is 21.5 Å². The molecule has 0 saturated carbocycles. The molecule has 0 saturated heterocycles. The van der Waals surface area contributed by atoms with Crippen molar-refractivity contribution in [1.82, 2.24) is 14.8 Å². The summed E-state index contributed by atoms with van der Waals surface area (Å²) in [5.74, 6) is 0.834. The summed E-state index contributed by atoms with van der Waals surface area (Å²) in [5, 5.41) is 14.2. The highest BCUT2D eigenvalue weighted by Gasteiger charge is 2.19. The van der Waals surface area contributed by atoms with Crippen molar-refractivity contribution in [3.05, 3.63) is 41.3 Å². The molecular weight excluding hydrogens is 424 g/mol. The summed E-state index contributed by atoms with van der Waals surface area (Å²) < 4.78 is 12.4. The molecule has 0 aliphatic carbocycles. The van der Waals surface area contributed by atoms with Crippen molar-refractivity contribution in [2.75, 3.05) is 24.8 Å². The quantitative estimate of drug-likeness (QED) is 0.393. The van der Waals surface area contributed by atoms with Gasteiger partial charge in [0.05, 0.1) is 30.6 Å². The van der Waals surface area contributed by atoms with E-state index in [1.165, 1.54) is 30.2 Å². The number of ether oxygens (including phenoxy) is 2. The second kappa shape index (κ2) is 10.3. The number of amides is 1. The number of nitrogens with zero attached hydrogens (tertiary/aromatic N) is 3. The fourth-order valence-corrected chi connectivity index (χ4v) is 4.38. The number of rotatable bonds is 9. The molecule has 3 aromatic rings. The van der Waals surface area contributed by atoms with Crippen LogP contribution in [0.3, 0.4) is 0 Å². The van der Waals surface area contributed by atoms with Gasteiger partial charge in [-0.05, 0) is 37.4 Å². The SMILES string of the molecule is CCOc1ccccc1-c1nnc(SCC(=O)Nc2sccc2C(=O)OC)n1CC. The van der Waals surface area contributed by atoms with E-state index in [-0.39, 0.29) is 11.7 Å². The Hall–Kier alpha value is -2.85. The average molecular weight is 447 g/mol. The number of aromatic nitrogens is 3. The maximum atomic E-state index is 12.4. The molecule has 0 fully saturated rings. The van der Waals surface area contributed by atoms with Gasteiger partial charge in [-0.2, -0.15) is 0 Å². The molecule has 0 atom stereocenters. The fraction of sp³-hybridized carbons (Fsp3) is 0.300. The molecule has 10 heteroatoms. The summed E-state index contributed by atoms with van der Waals surface area (Å²) >= 11 is 2.55. The minimum Gasteiger partial charge on any atom is -0.493 e. The number of benzene rings is 1. The molecule has 0 spiro atoms. The number of hydrogen-bond donors (Lipinski definition) is 1. The Bertz CT molecular complexity index is 1030. The Balaban J connectivity index is 1.72. The molecule has 0 unspecified atom stereocenters. The van der Waals surface area contributed by atoms with E-state index in [0.29, 0.717) is 34.7 Å². The van der Waals surface area contributed by atoms with Crippen molar-refractivity contribution in [2.45, 2.75) is 25.5 Å². The van der Waals surface area contributed by atoms with Gasteiger partial charge in [0.25, 0.3) is 0 Å². The zero-order valence-electron chi connectivity index (χ0n) is 16.9.